The molecule has 0 aliphatic rings. The molecule has 0 N–H and O–H groups in total. The Kier molecular flexibility index (Phi) is 5.08. The fourth-order valence-corrected chi connectivity index (χ4v) is 2.24. The van der Waals surface area contributed by atoms with Crippen molar-refractivity contribution in [2.45, 2.75) is 6.61 Å². The highest BCUT2D eigenvalue weighted by atomic mass is 35.5. The predicted octanol–water partition coefficient (Wildman–Crippen LogP) is 3.40. The van der Waals surface area contributed by atoms with E-state index in [2.05, 4.69) is 15.3 Å². The molecule has 6 nitrogen and oxygen atoms in total. The molecule has 24 heavy (non-hydrogen) atoms. The van der Waals surface area contributed by atoms with Gasteiger partial charge in [0.2, 0.25) is 0 Å². The van der Waals surface area contributed by atoms with E-state index in [1.807, 2.05) is 42.5 Å². The highest BCUT2D eigenvalue weighted by molar-refractivity contribution is 6.31. The van der Waals surface area contributed by atoms with Gasteiger partial charge in [-0.05, 0) is 29.8 Å². The summed E-state index contributed by atoms with van der Waals surface area (Å²) in [5, 5.41) is 12.3. The third kappa shape index (κ3) is 3.91. The second-order valence-electron chi connectivity index (χ2n) is 4.88. The topological polar surface area (TPSA) is 61.5 Å². The Balaban J connectivity index is 1.78. The first-order valence-corrected chi connectivity index (χ1v) is 7.57. The normalized spacial score (nSPS) is 10.9. The molecule has 7 heteroatoms. The van der Waals surface area contributed by atoms with Gasteiger partial charge in [0.15, 0.2) is 11.5 Å². The van der Waals surface area contributed by atoms with Gasteiger partial charge in [-0.2, -0.15) is 5.10 Å². The fraction of sp³-hybridized carbons (Fsp3) is 0.118. The molecule has 122 valence electrons. The maximum atomic E-state index is 6.16. The van der Waals surface area contributed by atoms with E-state index in [4.69, 9.17) is 21.1 Å². The predicted molar refractivity (Wildman–Crippen MR) is 91.8 cm³/mol. The Hall–Kier alpha value is -2.86. The number of halogens is 1. The molecule has 2 aromatic carbocycles. The third-order valence-electron chi connectivity index (χ3n) is 3.28. The number of hydrogen-bond donors (Lipinski definition) is 0. The van der Waals surface area contributed by atoms with E-state index in [-0.39, 0.29) is 0 Å². The van der Waals surface area contributed by atoms with Gasteiger partial charge < -0.3 is 9.47 Å². The molecule has 0 atom stereocenters. The lowest BCUT2D eigenvalue weighted by Gasteiger charge is -2.12. The van der Waals surface area contributed by atoms with Crippen LogP contribution in [0.4, 0.5) is 0 Å². The molecule has 0 aliphatic carbocycles. The summed E-state index contributed by atoms with van der Waals surface area (Å²) in [4.78, 5) is 0. The minimum absolute atomic E-state index is 0.349. The number of nitrogens with zero attached hydrogens (tertiary/aromatic N) is 4. The molecule has 1 aromatic heterocycles. The van der Waals surface area contributed by atoms with Crippen molar-refractivity contribution in [3.63, 3.8) is 0 Å². The van der Waals surface area contributed by atoms with Gasteiger partial charge >= 0.3 is 0 Å². The van der Waals surface area contributed by atoms with Crippen LogP contribution in [0.15, 0.2) is 60.2 Å². The quantitative estimate of drug-likeness (QED) is 0.644. The van der Waals surface area contributed by atoms with Gasteiger partial charge in [0.05, 0.1) is 13.3 Å². The summed E-state index contributed by atoms with van der Waals surface area (Å²) < 4.78 is 12.7. The zero-order chi connectivity index (χ0) is 16.8. The van der Waals surface area contributed by atoms with E-state index in [1.165, 1.54) is 17.3 Å². The lowest BCUT2D eigenvalue weighted by molar-refractivity contribution is 0.284. The van der Waals surface area contributed by atoms with E-state index in [0.29, 0.717) is 23.1 Å². The zero-order valence-electron chi connectivity index (χ0n) is 13.0. The second kappa shape index (κ2) is 7.61. The van der Waals surface area contributed by atoms with Gasteiger partial charge in [0.1, 0.15) is 19.3 Å². The first kappa shape index (κ1) is 16.0. The van der Waals surface area contributed by atoms with Gasteiger partial charge in [-0.1, -0.05) is 29.8 Å². The summed E-state index contributed by atoms with van der Waals surface area (Å²) in [6.45, 7) is 0.349. The van der Waals surface area contributed by atoms with Gasteiger partial charge in [-0.3, -0.25) is 0 Å². The molecule has 3 rings (SSSR count). The van der Waals surface area contributed by atoms with Gasteiger partial charge in [-0.25, -0.2) is 4.68 Å². The molecule has 0 aliphatic heterocycles. The number of methoxy groups -OCH3 is 1. The van der Waals surface area contributed by atoms with Crippen molar-refractivity contribution in [3.05, 3.63) is 71.3 Å². The van der Waals surface area contributed by atoms with Crippen LogP contribution < -0.4 is 9.47 Å². The first-order valence-electron chi connectivity index (χ1n) is 7.19. The van der Waals surface area contributed by atoms with Crippen molar-refractivity contribution < 1.29 is 9.47 Å². The maximum Gasteiger partial charge on any atom is 0.162 e. The highest BCUT2D eigenvalue weighted by Gasteiger charge is 2.07. The number of rotatable bonds is 6. The fourth-order valence-electron chi connectivity index (χ4n) is 2.05. The third-order valence-corrected chi connectivity index (χ3v) is 3.64. The van der Waals surface area contributed by atoms with Crippen molar-refractivity contribution >= 4 is 17.8 Å². The van der Waals surface area contributed by atoms with Gasteiger partial charge in [0, 0.05) is 10.6 Å². The van der Waals surface area contributed by atoms with E-state index in [0.717, 1.165) is 11.1 Å². The average molecular weight is 343 g/mol. The largest absolute Gasteiger partial charge is 0.493 e. The number of aromatic nitrogens is 3. The van der Waals surface area contributed by atoms with Crippen molar-refractivity contribution in [2.24, 2.45) is 5.10 Å². The molecule has 0 fully saturated rings. The highest BCUT2D eigenvalue weighted by Crippen LogP contribution is 2.29. The zero-order valence-corrected chi connectivity index (χ0v) is 13.7. The van der Waals surface area contributed by atoms with Crippen LogP contribution in [0.25, 0.3) is 0 Å². The molecular weight excluding hydrogens is 328 g/mol. The Morgan fingerprint density at radius 1 is 1.12 bits per heavy atom. The van der Waals surface area contributed by atoms with Crippen molar-refractivity contribution in [1.82, 2.24) is 14.9 Å². The summed E-state index contributed by atoms with van der Waals surface area (Å²) in [5.74, 6) is 1.26. The Bertz CT molecular complexity index is 834. The standard InChI is InChI=1S/C17H15ClN4O2/c1-23-16-7-6-13(9-21-22-11-19-20-12-22)8-17(16)24-10-14-4-2-3-5-15(14)18/h2-9,11-12H,10H2,1H3/b21-9+. The number of benzene rings is 2. The SMILES string of the molecule is COc1ccc(/C=N/n2cnnc2)cc1OCc1ccccc1Cl. The number of ether oxygens (including phenoxy) is 2. The second-order valence-corrected chi connectivity index (χ2v) is 5.28. The Morgan fingerprint density at radius 3 is 2.67 bits per heavy atom. The minimum Gasteiger partial charge on any atom is -0.493 e. The summed E-state index contributed by atoms with van der Waals surface area (Å²) in [7, 11) is 1.60. The van der Waals surface area contributed by atoms with Gasteiger partial charge in [-0.15, -0.1) is 10.2 Å². The summed E-state index contributed by atoms with van der Waals surface area (Å²) in [6, 6.07) is 13.1. The van der Waals surface area contributed by atoms with Gasteiger partial charge in [0.25, 0.3) is 0 Å². The van der Waals surface area contributed by atoms with Crippen molar-refractivity contribution in [3.8, 4) is 11.5 Å². The van der Waals surface area contributed by atoms with E-state index >= 15 is 0 Å². The molecule has 0 bridgehead atoms. The Labute approximate surface area is 144 Å². The lowest BCUT2D eigenvalue weighted by atomic mass is 10.2. The minimum atomic E-state index is 0.349. The molecular formula is C17H15ClN4O2. The van der Waals surface area contributed by atoms with E-state index < -0.39 is 0 Å². The Morgan fingerprint density at radius 2 is 1.92 bits per heavy atom. The smallest absolute Gasteiger partial charge is 0.162 e. The molecule has 1 heterocycles. The lowest BCUT2D eigenvalue weighted by Crippen LogP contribution is -1.99. The van der Waals surface area contributed by atoms with Crippen molar-refractivity contribution in [1.29, 1.82) is 0 Å². The van der Waals surface area contributed by atoms with Crippen molar-refractivity contribution in [2.75, 3.05) is 7.11 Å². The van der Waals surface area contributed by atoms with Crippen LogP contribution in [-0.4, -0.2) is 28.2 Å². The van der Waals surface area contributed by atoms with Crippen LogP contribution in [0.3, 0.4) is 0 Å². The molecule has 0 saturated heterocycles. The van der Waals surface area contributed by atoms with Crippen LogP contribution in [-0.2, 0) is 6.61 Å². The monoisotopic (exact) mass is 342 g/mol. The van der Waals surface area contributed by atoms with Crippen LogP contribution in [0.1, 0.15) is 11.1 Å². The van der Waals surface area contributed by atoms with Crippen LogP contribution in [0.2, 0.25) is 5.02 Å². The van der Waals surface area contributed by atoms with E-state index in [1.54, 1.807) is 13.3 Å². The average Bonchev–Trinajstić information content (AvgIpc) is 3.13. The van der Waals surface area contributed by atoms with Crippen LogP contribution in [0, 0.1) is 0 Å². The van der Waals surface area contributed by atoms with Crippen LogP contribution in [0.5, 0.6) is 11.5 Å². The molecule has 0 spiro atoms. The maximum absolute atomic E-state index is 6.16. The van der Waals surface area contributed by atoms with Crippen LogP contribution >= 0.6 is 11.6 Å². The molecule has 3 aromatic rings. The molecule has 0 saturated carbocycles. The molecule has 0 radical (unpaired) electrons. The molecule has 0 amide bonds. The summed E-state index contributed by atoms with van der Waals surface area (Å²) in [6.07, 6.45) is 4.70. The summed E-state index contributed by atoms with van der Waals surface area (Å²) in [5.41, 5.74) is 1.77. The molecule has 0 unspecified atom stereocenters. The number of hydrogen-bond acceptors (Lipinski definition) is 5. The summed E-state index contributed by atoms with van der Waals surface area (Å²) >= 11 is 6.16. The first-order chi connectivity index (χ1) is 11.8. The van der Waals surface area contributed by atoms with E-state index in [9.17, 15) is 0 Å².